The average Bonchev–Trinajstić information content (AvgIpc) is 2.18. The minimum atomic E-state index is -1.41. The molecule has 5 heteroatoms. The Hall–Kier alpha value is -1.46. The van der Waals surface area contributed by atoms with Gasteiger partial charge in [-0.2, -0.15) is 0 Å². The summed E-state index contributed by atoms with van der Waals surface area (Å²) in [6, 6.07) is 5.56. The van der Waals surface area contributed by atoms with E-state index in [1.807, 2.05) is 0 Å². The van der Waals surface area contributed by atoms with E-state index in [1.54, 1.807) is 6.92 Å². The van der Waals surface area contributed by atoms with Crippen molar-refractivity contribution in [1.82, 2.24) is 0 Å². The van der Waals surface area contributed by atoms with Crippen LogP contribution in [0.15, 0.2) is 24.3 Å². The fraction of sp³-hybridized carbons (Fsp3) is 0.333. The lowest BCUT2D eigenvalue weighted by Crippen LogP contribution is -2.35. The zero-order valence-electron chi connectivity index (χ0n) is 7.80. The minimum Gasteiger partial charge on any atom is -0.372 e. The van der Waals surface area contributed by atoms with Crippen LogP contribution >= 0.6 is 0 Å². The van der Waals surface area contributed by atoms with E-state index in [0.717, 1.165) is 0 Å². The Morgan fingerprint density at radius 3 is 2.36 bits per heavy atom. The van der Waals surface area contributed by atoms with E-state index in [4.69, 9.17) is 5.73 Å². The zero-order chi connectivity index (χ0) is 10.8. The highest BCUT2D eigenvalue weighted by molar-refractivity contribution is 5.34. The van der Waals surface area contributed by atoms with E-state index >= 15 is 0 Å². The van der Waals surface area contributed by atoms with Crippen LogP contribution in [0.1, 0.15) is 18.9 Å². The van der Waals surface area contributed by atoms with E-state index in [1.165, 1.54) is 24.3 Å². The van der Waals surface area contributed by atoms with Crippen molar-refractivity contribution in [1.29, 1.82) is 0 Å². The van der Waals surface area contributed by atoms with E-state index in [2.05, 4.69) is 0 Å². The maximum Gasteiger partial charge on any atom is 0.269 e. The van der Waals surface area contributed by atoms with Gasteiger partial charge >= 0.3 is 0 Å². The van der Waals surface area contributed by atoms with E-state index in [0.29, 0.717) is 12.0 Å². The van der Waals surface area contributed by atoms with Gasteiger partial charge in [-0.25, -0.2) is 0 Å². The molecule has 5 nitrogen and oxygen atoms in total. The summed E-state index contributed by atoms with van der Waals surface area (Å²) in [7, 11) is 0. The number of nitro groups is 1. The second-order valence-corrected chi connectivity index (χ2v) is 3.08. The Bertz CT molecular complexity index is 332. The Kier molecular flexibility index (Phi) is 2.83. The Morgan fingerprint density at radius 2 is 2.00 bits per heavy atom. The monoisotopic (exact) mass is 196 g/mol. The molecule has 0 aliphatic carbocycles. The van der Waals surface area contributed by atoms with Crippen LogP contribution in [-0.4, -0.2) is 10.0 Å². The first-order chi connectivity index (χ1) is 6.47. The van der Waals surface area contributed by atoms with Gasteiger partial charge in [-0.05, 0) is 24.1 Å². The molecular weight excluding hydrogens is 184 g/mol. The quantitative estimate of drug-likeness (QED) is 0.430. The molecule has 1 rings (SSSR count). The molecule has 1 aromatic rings. The van der Waals surface area contributed by atoms with Crippen molar-refractivity contribution in [2.45, 2.75) is 19.1 Å². The molecule has 0 radical (unpaired) electrons. The summed E-state index contributed by atoms with van der Waals surface area (Å²) in [5, 5.41) is 20.0. The third-order valence-corrected chi connectivity index (χ3v) is 2.12. The Morgan fingerprint density at radius 1 is 1.50 bits per heavy atom. The fourth-order valence-electron chi connectivity index (χ4n) is 1.08. The second-order valence-electron chi connectivity index (χ2n) is 3.08. The number of nitrogens with zero attached hydrogens (tertiary/aromatic N) is 1. The summed E-state index contributed by atoms with van der Waals surface area (Å²) >= 11 is 0. The molecule has 1 atom stereocenters. The molecule has 0 aromatic heterocycles. The zero-order valence-corrected chi connectivity index (χ0v) is 7.80. The van der Waals surface area contributed by atoms with Gasteiger partial charge < -0.3 is 5.11 Å². The lowest BCUT2D eigenvalue weighted by atomic mass is 10.0. The van der Waals surface area contributed by atoms with Crippen LogP contribution < -0.4 is 5.73 Å². The van der Waals surface area contributed by atoms with Crippen LogP contribution in [0.25, 0.3) is 0 Å². The smallest absolute Gasteiger partial charge is 0.269 e. The molecule has 0 heterocycles. The largest absolute Gasteiger partial charge is 0.372 e. The van der Waals surface area contributed by atoms with Gasteiger partial charge in [0, 0.05) is 12.1 Å². The molecule has 1 aromatic carbocycles. The molecule has 0 saturated heterocycles. The van der Waals surface area contributed by atoms with Gasteiger partial charge in [-0.15, -0.1) is 0 Å². The van der Waals surface area contributed by atoms with Gasteiger partial charge in [0.2, 0.25) is 0 Å². The molecule has 0 aliphatic rings. The highest BCUT2D eigenvalue weighted by atomic mass is 16.6. The van der Waals surface area contributed by atoms with E-state index in [9.17, 15) is 15.2 Å². The van der Waals surface area contributed by atoms with Crippen molar-refractivity contribution in [3.8, 4) is 0 Å². The molecule has 0 fully saturated rings. The molecule has 0 saturated carbocycles. The van der Waals surface area contributed by atoms with Gasteiger partial charge in [0.1, 0.15) is 5.72 Å². The standard InChI is InChI=1S/C9H12N2O3/c1-2-9(10,12)7-3-5-8(6-4-7)11(13)14/h3-6,12H,2,10H2,1H3. The maximum absolute atomic E-state index is 10.3. The summed E-state index contributed by atoms with van der Waals surface area (Å²) in [6.45, 7) is 1.74. The van der Waals surface area contributed by atoms with Crippen molar-refractivity contribution in [2.24, 2.45) is 5.73 Å². The van der Waals surface area contributed by atoms with Crippen LogP contribution in [0.3, 0.4) is 0 Å². The normalized spacial score (nSPS) is 14.8. The highest BCUT2D eigenvalue weighted by Crippen LogP contribution is 2.21. The number of non-ortho nitro benzene ring substituents is 1. The Balaban J connectivity index is 2.99. The van der Waals surface area contributed by atoms with Gasteiger partial charge in [-0.1, -0.05) is 6.92 Å². The number of benzene rings is 1. The maximum atomic E-state index is 10.3. The topological polar surface area (TPSA) is 89.4 Å². The third-order valence-electron chi connectivity index (χ3n) is 2.12. The van der Waals surface area contributed by atoms with Crippen molar-refractivity contribution in [3.63, 3.8) is 0 Å². The molecule has 0 amide bonds. The summed E-state index contributed by atoms with van der Waals surface area (Å²) < 4.78 is 0. The van der Waals surface area contributed by atoms with Crippen molar-refractivity contribution in [2.75, 3.05) is 0 Å². The predicted octanol–water partition coefficient (Wildman–Crippen LogP) is 1.11. The van der Waals surface area contributed by atoms with Crippen LogP contribution in [0.2, 0.25) is 0 Å². The van der Waals surface area contributed by atoms with Crippen molar-refractivity contribution >= 4 is 5.69 Å². The molecule has 76 valence electrons. The lowest BCUT2D eigenvalue weighted by molar-refractivity contribution is -0.384. The SMILES string of the molecule is CCC(N)(O)c1ccc([N+](=O)[O-])cc1. The van der Waals surface area contributed by atoms with E-state index < -0.39 is 10.6 Å². The first-order valence-electron chi connectivity index (χ1n) is 4.23. The number of aliphatic hydroxyl groups is 1. The van der Waals surface area contributed by atoms with Gasteiger partial charge in [-0.3, -0.25) is 15.8 Å². The number of nitrogens with two attached hydrogens (primary N) is 1. The molecule has 0 bridgehead atoms. The Labute approximate surface area is 81.3 Å². The van der Waals surface area contributed by atoms with Crippen LogP contribution in [0, 0.1) is 10.1 Å². The summed E-state index contributed by atoms with van der Waals surface area (Å²) in [6.07, 6.45) is 0.352. The minimum absolute atomic E-state index is 0.0133. The fourth-order valence-corrected chi connectivity index (χ4v) is 1.08. The van der Waals surface area contributed by atoms with Crippen LogP contribution in [-0.2, 0) is 5.72 Å². The van der Waals surface area contributed by atoms with Crippen LogP contribution in [0.5, 0.6) is 0 Å². The van der Waals surface area contributed by atoms with Gasteiger partial charge in [0.25, 0.3) is 5.69 Å². The first kappa shape index (κ1) is 10.6. The average molecular weight is 196 g/mol. The van der Waals surface area contributed by atoms with Gasteiger partial charge in [0.15, 0.2) is 0 Å². The lowest BCUT2D eigenvalue weighted by Gasteiger charge is -2.21. The number of rotatable bonds is 3. The van der Waals surface area contributed by atoms with Crippen molar-refractivity contribution < 1.29 is 10.0 Å². The summed E-state index contributed by atoms with van der Waals surface area (Å²) in [4.78, 5) is 9.85. The highest BCUT2D eigenvalue weighted by Gasteiger charge is 2.21. The predicted molar refractivity (Wildman–Crippen MR) is 51.5 cm³/mol. The molecular formula is C9H12N2O3. The molecule has 0 spiro atoms. The molecule has 0 aliphatic heterocycles. The first-order valence-corrected chi connectivity index (χ1v) is 4.23. The van der Waals surface area contributed by atoms with Crippen molar-refractivity contribution in [3.05, 3.63) is 39.9 Å². The van der Waals surface area contributed by atoms with E-state index in [-0.39, 0.29) is 5.69 Å². The number of nitro benzene ring substituents is 1. The molecule has 3 N–H and O–H groups in total. The molecule has 1 unspecified atom stereocenters. The third kappa shape index (κ3) is 2.07. The van der Waals surface area contributed by atoms with Crippen LogP contribution in [0.4, 0.5) is 5.69 Å². The molecule has 14 heavy (non-hydrogen) atoms. The second kappa shape index (κ2) is 3.73. The number of hydrogen-bond acceptors (Lipinski definition) is 4. The van der Waals surface area contributed by atoms with Gasteiger partial charge in [0.05, 0.1) is 4.92 Å². The summed E-state index contributed by atoms with van der Waals surface area (Å²) in [5.74, 6) is 0. The number of hydrogen-bond donors (Lipinski definition) is 2. The summed E-state index contributed by atoms with van der Waals surface area (Å²) in [5.41, 5.74) is 4.61.